The van der Waals surface area contributed by atoms with Crippen molar-refractivity contribution in [3.8, 4) is 0 Å². The molecule has 1 unspecified atom stereocenters. The van der Waals surface area contributed by atoms with E-state index in [1.54, 1.807) is 0 Å². The van der Waals surface area contributed by atoms with Crippen molar-refractivity contribution < 1.29 is 22.0 Å². The van der Waals surface area contributed by atoms with Crippen molar-refractivity contribution in [2.75, 3.05) is 19.3 Å². The Morgan fingerprint density at radius 2 is 2.17 bits per heavy atom. The van der Waals surface area contributed by atoms with E-state index in [0.717, 1.165) is 19.3 Å². The molecule has 0 aromatic carbocycles. The maximum Gasteiger partial charge on any atom is 0.333 e. The van der Waals surface area contributed by atoms with Crippen molar-refractivity contribution in [1.82, 2.24) is 19.4 Å². The number of halogens is 2. The Bertz CT molecular complexity index is 690. The number of nitrogens with one attached hydrogen (secondary N) is 1. The number of nitrogens with zero attached hydrogens (tertiary/aromatic N) is 3. The average molecular weight is 364 g/mol. The van der Waals surface area contributed by atoms with Gasteiger partial charge in [-0.25, -0.2) is 13.1 Å². The highest BCUT2D eigenvalue weighted by Crippen LogP contribution is 2.22. The van der Waals surface area contributed by atoms with Crippen molar-refractivity contribution in [2.45, 2.75) is 45.2 Å². The van der Waals surface area contributed by atoms with E-state index in [1.807, 2.05) is 0 Å². The fourth-order valence-corrected chi connectivity index (χ4v) is 4.15. The van der Waals surface area contributed by atoms with Gasteiger partial charge in [-0.3, -0.25) is 4.79 Å². The van der Waals surface area contributed by atoms with Gasteiger partial charge in [0.15, 0.2) is 5.69 Å². The molecule has 10 heteroatoms. The monoisotopic (exact) mass is 364 g/mol. The Morgan fingerprint density at radius 1 is 1.46 bits per heavy atom. The van der Waals surface area contributed by atoms with Crippen molar-refractivity contribution in [3.05, 3.63) is 17.5 Å². The Morgan fingerprint density at radius 3 is 2.75 bits per heavy atom. The second kappa shape index (κ2) is 7.56. The molecule has 0 spiro atoms. The molecule has 2 rings (SSSR count). The molecule has 1 atom stereocenters. The maximum absolute atomic E-state index is 12.7. The van der Waals surface area contributed by atoms with Gasteiger partial charge < -0.3 is 5.32 Å². The van der Waals surface area contributed by atoms with E-state index in [2.05, 4.69) is 10.4 Å². The van der Waals surface area contributed by atoms with E-state index in [1.165, 1.54) is 23.6 Å². The lowest BCUT2D eigenvalue weighted by Gasteiger charge is -2.33. The first-order chi connectivity index (χ1) is 11.2. The van der Waals surface area contributed by atoms with Crippen LogP contribution in [0.15, 0.2) is 6.07 Å². The highest BCUT2D eigenvalue weighted by molar-refractivity contribution is 7.88. The third-order valence-electron chi connectivity index (χ3n) is 4.10. The minimum Gasteiger partial charge on any atom is -0.351 e. The molecule has 1 N–H and O–H groups in total. The lowest BCUT2D eigenvalue weighted by Crippen LogP contribution is -2.44. The van der Waals surface area contributed by atoms with Crippen molar-refractivity contribution in [2.24, 2.45) is 0 Å². The van der Waals surface area contributed by atoms with E-state index >= 15 is 0 Å². The number of carbonyl (C=O) groups excluding carboxylic acids is 1. The standard InChI is InChI=1S/C14H22F2N4O3S/c1-10-9-12(18-20(10)14(15)16)13(21)17-7-6-11-5-3-4-8-19(11)24(2,22)23/h9,11,14H,3-8H2,1-2H3,(H,17,21). The molecule has 0 saturated carbocycles. The molecule has 0 bridgehead atoms. The molecule has 1 fully saturated rings. The second-order valence-corrected chi connectivity index (χ2v) is 7.90. The topological polar surface area (TPSA) is 84.3 Å². The van der Waals surface area contributed by atoms with E-state index in [-0.39, 0.29) is 24.0 Å². The van der Waals surface area contributed by atoms with E-state index in [0.29, 0.717) is 17.6 Å². The van der Waals surface area contributed by atoms with Gasteiger partial charge in [0.1, 0.15) is 0 Å². The normalized spacial score (nSPS) is 19.6. The lowest BCUT2D eigenvalue weighted by atomic mass is 10.0. The zero-order valence-electron chi connectivity index (χ0n) is 13.7. The first-order valence-electron chi connectivity index (χ1n) is 7.79. The number of rotatable bonds is 6. The summed E-state index contributed by atoms with van der Waals surface area (Å²) in [5, 5.41) is 6.19. The summed E-state index contributed by atoms with van der Waals surface area (Å²) in [6.07, 6.45) is 4.20. The smallest absolute Gasteiger partial charge is 0.333 e. The molecule has 1 saturated heterocycles. The number of aromatic nitrogens is 2. The van der Waals surface area contributed by atoms with Crippen LogP contribution in [-0.4, -0.2) is 53.8 Å². The van der Waals surface area contributed by atoms with Crippen LogP contribution in [0.2, 0.25) is 0 Å². The van der Waals surface area contributed by atoms with Crippen LogP contribution < -0.4 is 5.32 Å². The predicted octanol–water partition coefficient (Wildman–Crippen LogP) is 1.52. The van der Waals surface area contributed by atoms with E-state index < -0.39 is 22.5 Å². The van der Waals surface area contributed by atoms with Crippen LogP contribution in [0.4, 0.5) is 8.78 Å². The fraction of sp³-hybridized carbons (Fsp3) is 0.714. The molecule has 0 aliphatic carbocycles. The fourth-order valence-electron chi connectivity index (χ4n) is 2.94. The zero-order valence-corrected chi connectivity index (χ0v) is 14.5. The Labute approximate surface area is 140 Å². The number of hydrogen-bond donors (Lipinski definition) is 1. The van der Waals surface area contributed by atoms with E-state index in [4.69, 9.17) is 0 Å². The molecule has 7 nitrogen and oxygen atoms in total. The largest absolute Gasteiger partial charge is 0.351 e. The second-order valence-electron chi connectivity index (χ2n) is 5.96. The van der Waals surface area contributed by atoms with Gasteiger partial charge in [-0.1, -0.05) is 6.42 Å². The minimum absolute atomic E-state index is 0.0728. The van der Waals surface area contributed by atoms with Crippen LogP contribution in [0.5, 0.6) is 0 Å². The first kappa shape index (κ1) is 18.8. The predicted molar refractivity (Wildman–Crippen MR) is 84.4 cm³/mol. The summed E-state index contributed by atoms with van der Waals surface area (Å²) in [5.41, 5.74) is 0.127. The van der Waals surface area contributed by atoms with Gasteiger partial charge in [-0.2, -0.15) is 18.2 Å². The highest BCUT2D eigenvalue weighted by Gasteiger charge is 2.29. The van der Waals surface area contributed by atoms with Gasteiger partial charge in [0.2, 0.25) is 10.0 Å². The molecular formula is C14H22F2N4O3S. The minimum atomic E-state index is -3.27. The van der Waals surface area contributed by atoms with Gasteiger partial charge in [-0.15, -0.1) is 0 Å². The summed E-state index contributed by atoms with van der Waals surface area (Å²) in [4.78, 5) is 12.0. The average Bonchev–Trinajstić information content (AvgIpc) is 2.89. The van der Waals surface area contributed by atoms with Crippen LogP contribution in [0.3, 0.4) is 0 Å². The third-order valence-corrected chi connectivity index (χ3v) is 5.43. The number of aryl methyl sites for hydroxylation is 1. The summed E-state index contributed by atoms with van der Waals surface area (Å²) in [6, 6.07) is 1.15. The Kier molecular flexibility index (Phi) is 5.92. The zero-order chi connectivity index (χ0) is 17.9. The molecule has 1 aliphatic rings. The summed E-state index contributed by atoms with van der Waals surface area (Å²) in [6.45, 7) is -0.592. The van der Waals surface area contributed by atoms with Crippen LogP contribution in [0, 0.1) is 6.92 Å². The van der Waals surface area contributed by atoms with Crippen LogP contribution in [-0.2, 0) is 10.0 Å². The van der Waals surface area contributed by atoms with Gasteiger partial charge in [0.25, 0.3) is 5.91 Å². The molecule has 1 aliphatic heterocycles. The number of alkyl halides is 2. The van der Waals surface area contributed by atoms with Crippen molar-refractivity contribution in [3.63, 3.8) is 0 Å². The van der Waals surface area contributed by atoms with Gasteiger partial charge in [0, 0.05) is 24.8 Å². The van der Waals surface area contributed by atoms with Gasteiger partial charge in [-0.05, 0) is 32.3 Å². The molecule has 2 heterocycles. The Balaban J connectivity index is 1.91. The maximum atomic E-state index is 12.7. The Hall–Kier alpha value is -1.55. The molecule has 1 aromatic heterocycles. The number of carbonyl (C=O) groups is 1. The summed E-state index contributed by atoms with van der Waals surface area (Å²) < 4.78 is 50.8. The molecule has 24 heavy (non-hydrogen) atoms. The lowest BCUT2D eigenvalue weighted by molar-refractivity contribution is 0.0538. The number of hydrogen-bond acceptors (Lipinski definition) is 4. The van der Waals surface area contributed by atoms with Crippen LogP contribution in [0.1, 0.15) is 48.4 Å². The molecule has 1 amide bonds. The van der Waals surface area contributed by atoms with Crippen molar-refractivity contribution in [1.29, 1.82) is 0 Å². The number of amides is 1. The van der Waals surface area contributed by atoms with Gasteiger partial charge in [0.05, 0.1) is 6.26 Å². The summed E-state index contributed by atoms with van der Waals surface area (Å²) in [7, 11) is -3.27. The van der Waals surface area contributed by atoms with Gasteiger partial charge >= 0.3 is 6.55 Å². The molecular weight excluding hydrogens is 342 g/mol. The molecule has 0 radical (unpaired) electrons. The van der Waals surface area contributed by atoms with E-state index in [9.17, 15) is 22.0 Å². The third kappa shape index (κ3) is 4.50. The number of sulfonamides is 1. The molecule has 1 aromatic rings. The highest BCUT2D eigenvalue weighted by atomic mass is 32.2. The van der Waals surface area contributed by atoms with Crippen LogP contribution >= 0.6 is 0 Å². The van der Waals surface area contributed by atoms with Crippen molar-refractivity contribution >= 4 is 15.9 Å². The molecule has 136 valence electrons. The quantitative estimate of drug-likeness (QED) is 0.829. The van der Waals surface area contributed by atoms with Crippen LogP contribution in [0.25, 0.3) is 0 Å². The SMILES string of the molecule is Cc1cc(C(=O)NCCC2CCCCN2S(C)(=O)=O)nn1C(F)F. The number of piperidine rings is 1. The summed E-state index contributed by atoms with van der Waals surface area (Å²) >= 11 is 0. The first-order valence-corrected chi connectivity index (χ1v) is 9.64. The summed E-state index contributed by atoms with van der Waals surface area (Å²) in [5.74, 6) is -0.542.